The molecule has 20 heavy (non-hydrogen) atoms. The van der Waals surface area contributed by atoms with Crippen LogP contribution in [0.1, 0.15) is 71.6 Å². The molecule has 0 radical (unpaired) electrons. The van der Waals surface area contributed by atoms with E-state index in [1.165, 1.54) is 32.1 Å². The van der Waals surface area contributed by atoms with Crippen LogP contribution < -0.4 is 11.1 Å². The average molecular weight is 305 g/mol. The van der Waals surface area contributed by atoms with Crippen molar-refractivity contribution in [1.29, 1.82) is 0 Å². The third-order valence-corrected chi connectivity index (χ3v) is 4.31. The van der Waals surface area contributed by atoms with Crippen molar-refractivity contribution >= 4 is 18.3 Å². The standard InChI is InChI=1S/C16H32N2O.ClH/c1-3-5-8-13(7-4-2)12-18-16(19)14-9-6-10-15(17)11-14;/h13-15H,3-12,17H2,1-2H3,(H,18,19);1H. The first-order valence-electron chi connectivity index (χ1n) is 8.20. The molecule has 1 aliphatic carbocycles. The Balaban J connectivity index is 0.00000361. The van der Waals surface area contributed by atoms with Crippen LogP contribution in [0.2, 0.25) is 0 Å². The molecule has 0 spiro atoms. The van der Waals surface area contributed by atoms with Gasteiger partial charge in [0.1, 0.15) is 0 Å². The lowest BCUT2D eigenvalue weighted by Crippen LogP contribution is -2.39. The van der Waals surface area contributed by atoms with Gasteiger partial charge in [-0.25, -0.2) is 0 Å². The smallest absolute Gasteiger partial charge is 0.223 e. The second-order valence-corrected chi connectivity index (χ2v) is 6.17. The topological polar surface area (TPSA) is 55.1 Å². The lowest BCUT2D eigenvalue weighted by Gasteiger charge is -2.26. The fourth-order valence-corrected chi connectivity index (χ4v) is 3.10. The maximum Gasteiger partial charge on any atom is 0.223 e. The minimum atomic E-state index is 0. The van der Waals surface area contributed by atoms with Crippen molar-refractivity contribution in [2.75, 3.05) is 6.54 Å². The molecule has 1 amide bonds. The zero-order chi connectivity index (χ0) is 14.1. The third kappa shape index (κ3) is 7.49. The first-order chi connectivity index (χ1) is 9.17. The summed E-state index contributed by atoms with van der Waals surface area (Å²) in [5.74, 6) is 1.07. The van der Waals surface area contributed by atoms with E-state index in [-0.39, 0.29) is 30.3 Å². The predicted molar refractivity (Wildman–Crippen MR) is 88.1 cm³/mol. The van der Waals surface area contributed by atoms with Gasteiger partial charge in [0.15, 0.2) is 0 Å². The van der Waals surface area contributed by atoms with Gasteiger partial charge in [-0.2, -0.15) is 0 Å². The maximum absolute atomic E-state index is 12.2. The zero-order valence-electron chi connectivity index (χ0n) is 13.2. The fourth-order valence-electron chi connectivity index (χ4n) is 3.10. The molecular formula is C16H33ClN2O. The van der Waals surface area contributed by atoms with Crippen molar-refractivity contribution in [1.82, 2.24) is 5.32 Å². The van der Waals surface area contributed by atoms with E-state index in [0.717, 1.165) is 32.2 Å². The highest BCUT2D eigenvalue weighted by atomic mass is 35.5. The number of amides is 1. The van der Waals surface area contributed by atoms with Crippen LogP contribution in [0, 0.1) is 11.8 Å². The van der Waals surface area contributed by atoms with Gasteiger partial charge in [0, 0.05) is 18.5 Å². The fraction of sp³-hybridized carbons (Fsp3) is 0.938. The monoisotopic (exact) mass is 304 g/mol. The molecule has 0 saturated heterocycles. The molecule has 3 atom stereocenters. The lowest BCUT2D eigenvalue weighted by molar-refractivity contribution is -0.126. The highest BCUT2D eigenvalue weighted by Crippen LogP contribution is 2.23. The highest BCUT2D eigenvalue weighted by Gasteiger charge is 2.25. The molecule has 0 bridgehead atoms. The van der Waals surface area contributed by atoms with Crippen LogP contribution in [0.25, 0.3) is 0 Å². The van der Waals surface area contributed by atoms with Gasteiger partial charge >= 0.3 is 0 Å². The Morgan fingerprint density at radius 1 is 1.25 bits per heavy atom. The Morgan fingerprint density at radius 2 is 2.00 bits per heavy atom. The summed E-state index contributed by atoms with van der Waals surface area (Å²) >= 11 is 0. The van der Waals surface area contributed by atoms with Crippen molar-refractivity contribution in [2.45, 2.75) is 77.7 Å². The molecule has 1 saturated carbocycles. The van der Waals surface area contributed by atoms with Gasteiger partial charge in [0.25, 0.3) is 0 Å². The number of carbonyl (C=O) groups excluding carboxylic acids is 1. The maximum atomic E-state index is 12.2. The quantitative estimate of drug-likeness (QED) is 0.719. The number of nitrogens with two attached hydrogens (primary N) is 1. The average Bonchev–Trinajstić information content (AvgIpc) is 2.41. The molecule has 0 aromatic heterocycles. The van der Waals surface area contributed by atoms with Crippen LogP contribution in [0.4, 0.5) is 0 Å². The Bertz CT molecular complexity index is 261. The summed E-state index contributed by atoms with van der Waals surface area (Å²) in [6.45, 7) is 5.31. The van der Waals surface area contributed by atoms with E-state index in [0.29, 0.717) is 5.92 Å². The van der Waals surface area contributed by atoms with E-state index >= 15 is 0 Å². The molecule has 3 unspecified atom stereocenters. The number of halogens is 1. The van der Waals surface area contributed by atoms with Crippen molar-refractivity contribution in [3.63, 3.8) is 0 Å². The van der Waals surface area contributed by atoms with Gasteiger partial charge < -0.3 is 11.1 Å². The van der Waals surface area contributed by atoms with Crippen molar-refractivity contribution in [3.8, 4) is 0 Å². The Labute approximate surface area is 130 Å². The first-order valence-corrected chi connectivity index (χ1v) is 8.20. The lowest BCUT2D eigenvalue weighted by atomic mass is 9.85. The van der Waals surface area contributed by atoms with E-state index in [2.05, 4.69) is 19.2 Å². The number of hydrogen-bond donors (Lipinski definition) is 2. The minimum Gasteiger partial charge on any atom is -0.356 e. The molecular weight excluding hydrogens is 272 g/mol. The largest absolute Gasteiger partial charge is 0.356 e. The van der Waals surface area contributed by atoms with E-state index in [4.69, 9.17) is 5.73 Å². The second kappa shape index (κ2) is 11.4. The summed E-state index contributed by atoms with van der Waals surface area (Å²) in [4.78, 5) is 12.2. The van der Waals surface area contributed by atoms with E-state index < -0.39 is 0 Å². The number of hydrogen-bond acceptors (Lipinski definition) is 2. The summed E-state index contributed by atoms with van der Waals surface area (Å²) in [6.07, 6.45) is 10.3. The number of nitrogens with one attached hydrogen (secondary N) is 1. The summed E-state index contributed by atoms with van der Waals surface area (Å²) < 4.78 is 0. The zero-order valence-corrected chi connectivity index (χ0v) is 14.0. The Kier molecular flexibility index (Phi) is 11.2. The summed E-state index contributed by atoms with van der Waals surface area (Å²) in [5.41, 5.74) is 5.95. The molecule has 120 valence electrons. The van der Waals surface area contributed by atoms with Crippen LogP contribution in [0.5, 0.6) is 0 Å². The van der Waals surface area contributed by atoms with Gasteiger partial charge in [-0.05, 0) is 38.0 Å². The normalized spacial score (nSPS) is 23.8. The second-order valence-electron chi connectivity index (χ2n) is 6.17. The van der Waals surface area contributed by atoms with Crippen LogP contribution in [-0.2, 0) is 4.79 Å². The molecule has 1 aliphatic rings. The van der Waals surface area contributed by atoms with Crippen molar-refractivity contribution in [2.24, 2.45) is 17.6 Å². The Morgan fingerprint density at radius 3 is 2.60 bits per heavy atom. The SMILES string of the molecule is CCCCC(CCC)CNC(=O)C1CCCC(N)C1.Cl. The van der Waals surface area contributed by atoms with E-state index in [9.17, 15) is 4.79 Å². The van der Waals surface area contributed by atoms with Crippen LogP contribution >= 0.6 is 12.4 Å². The number of carbonyl (C=O) groups is 1. The predicted octanol–water partition coefficient (Wildman–Crippen LogP) is 3.65. The molecule has 1 rings (SSSR count). The first kappa shape index (κ1) is 19.7. The molecule has 0 aliphatic heterocycles. The van der Waals surface area contributed by atoms with Crippen molar-refractivity contribution < 1.29 is 4.79 Å². The van der Waals surface area contributed by atoms with Crippen LogP contribution in [0.3, 0.4) is 0 Å². The molecule has 1 fully saturated rings. The van der Waals surface area contributed by atoms with Gasteiger partial charge in [0.2, 0.25) is 5.91 Å². The minimum absolute atomic E-state index is 0. The van der Waals surface area contributed by atoms with Gasteiger partial charge in [0.05, 0.1) is 0 Å². The number of rotatable bonds is 8. The molecule has 3 nitrogen and oxygen atoms in total. The number of unbranched alkanes of at least 4 members (excludes halogenated alkanes) is 1. The third-order valence-electron chi connectivity index (χ3n) is 4.31. The molecule has 3 N–H and O–H groups in total. The highest BCUT2D eigenvalue weighted by molar-refractivity contribution is 5.85. The Hall–Kier alpha value is -0.280. The van der Waals surface area contributed by atoms with Crippen LogP contribution in [0.15, 0.2) is 0 Å². The molecule has 0 aromatic rings. The van der Waals surface area contributed by atoms with Gasteiger partial charge in [-0.15, -0.1) is 12.4 Å². The summed E-state index contributed by atoms with van der Waals surface area (Å²) in [5, 5.41) is 3.17. The molecule has 0 aromatic carbocycles. The van der Waals surface area contributed by atoms with Crippen LogP contribution in [-0.4, -0.2) is 18.5 Å². The summed E-state index contributed by atoms with van der Waals surface area (Å²) in [6, 6.07) is 0.232. The van der Waals surface area contributed by atoms with E-state index in [1.54, 1.807) is 0 Å². The van der Waals surface area contributed by atoms with Gasteiger partial charge in [-0.3, -0.25) is 4.79 Å². The molecule has 4 heteroatoms. The van der Waals surface area contributed by atoms with Crippen molar-refractivity contribution in [3.05, 3.63) is 0 Å². The molecule has 0 heterocycles. The summed E-state index contributed by atoms with van der Waals surface area (Å²) in [7, 11) is 0. The van der Waals surface area contributed by atoms with Gasteiger partial charge in [-0.1, -0.05) is 39.5 Å². The van der Waals surface area contributed by atoms with E-state index in [1.807, 2.05) is 0 Å².